The molecule has 0 bridgehead atoms. The zero-order valence-corrected chi connectivity index (χ0v) is 12.5. The van der Waals surface area contributed by atoms with Crippen molar-refractivity contribution in [3.8, 4) is 0 Å². The maximum Gasteiger partial charge on any atom is 0.277 e. The number of nitrogens with one attached hydrogen (secondary N) is 2. The van der Waals surface area contributed by atoms with Gasteiger partial charge in [0.25, 0.3) is 5.91 Å². The number of nitrogens with zero attached hydrogens (tertiary/aromatic N) is 4. The summed E-state index contributed by atoms with van der Waals surface area (Å²) in [7, 11) is 0. The van der Waals surface area contributed by atoms with Gasteiger partial charge in [0.2, 0.25) is 5.13 Å². The Balaban J connectivity index is 1.68. The van der Waals surface area contributed by atoms with E-state index in [1.807, 2.05) is 19.1 Å². The van der Waals surface area contributed by atoms with Crippen LogP contribution in [-0.2, 0) is 0 Å². The van der Waals surface area contributed by atoms with E-state index >= 15 is 0 Å². The summed E-state index contributed by atoms with van der Waals surface area (Å²) in [4.78, 5) is 20.3. The summed E-state index contributed by atoms with van der Waals surface area (Å²) < 4.78 is 0. The van der Waals surface area contributed by atoms with Crippen LogP contribution >= 0.6 is 22.7 Å². The molecule has 0 aliphatic heterocycles. The molecule has 0 spiro atoms. The first kappa shape index (κ1) is 13.6. The largest absolute Gasteiger partial charge is 0.330 e. The van der Waals surface area contributed by atoms with Crippen LogP contribution in [0.4, 0.5) is 16.0 Å². The van der Waals surface area contributed by atoms with Gasteiger partial charge in [-0.3, -0.25) is 15.1 Å². The van der Waals surface area contributed by atoms with E-state index in [-0.39, 0.29) is 5.91 Å². The summed E-state index contributed by atoms with van der Waals surface area (Å²) in [6.45, 7) is 1.83. The van der Waals surface area contributed by atoms with E-state index in [1.54, 1.807) is 17.8 Å². The second-order valence-corrected chi connectivity index (χ2v) is 6.02. The highest BCUT2D eigenvalue weighted by Crippen LogP contribution is 2.21. The molecule has 0 aliphatic rings. The number of anilines is 3. The Morgan fingerprint density at radius 3 is 2.90 bits per heavy atom. The topological polar surface area (TPSA) is 92.7 Å². The smallest absolute Gasteiger partial charge is 0.277 e. The Hall–Kier alpha value is -2.39. The number of rotatable bonds is 4. The Bertz CT molecular complexity index is 754. The van der Waals surface area contributed by atoms with Gasteiger partial charge in [-0.15, -0.1) is 21.5 Å². The number of carbonyl (C=O) groups is 1. The number of pyridine rings is 1. The molecule has 0 fully saturated rings. The minimum Gasteiger partial charge on any atom is -0.330 e. The molecule has 0 atom stereocenters. The van der Waals surface area contributed by atoms with Crippen LogP contribution in [-0.4, -0.2) is 26.1 Å². The van der Waals surface area contributed by atoms with Crippen molar-refractivity contribution < 1.29 is 4.79 Å². The lowest BCUT2D eigenvalue weighted by molar-refractivity contribution is 0.102. The molecule has 0 aliphatic carbocycles. The number of hydrogen-bond donors (Lipinski definition) is 2. The highest BCUT2D eigenvalue weighted by atomic mass is 32.1. The number of aryl methyl sites for hydroxylation is 1. The summed E-state index contributed by atoms with van der Waals surface area (Å²) in [6, 6.07) is 3.69. The van der Waals surface area contributed by atoms with Gasteiger partial charge in [0.15, 0.2) is 5.13 Å². The first-order valence-electron chi connectivity index (χ1n) is 5.95. The van der Waals surface area contributed by atoms with Crippen molar-refractivity contribution in [2.75, 3.05) is 10.6 Å². The lowest BCUT2D eigenvalue weighted by atomic mass is 10.4. The molecule has 3 rings (SSSR count). The van der Waals surface area contributed by atoms with Crippen molar-refractivity contribution in [1.82, 2.24) is 20.2 Å². The summed E-state index contributed by atoms with van der Waals surface area (Å²) in [5.41, 5.74) is 1.15. The number of amides is 1. The molecule has 7 nitrogen and oxygen atoms in total. The zero-order chi connectivity index (χ0) is 14.7. The molecule has 106 valence electrons. The molecular formula is C12H10N6OS2. The van der Waals surface area contributed by atoms with Crippen molar-refractivity contribution in [2.24, 2.45) is 0 Å². The third kappa shape index (κ3) is 3.38. The highest BCUT2D eigenvalue weighted by molar-refractivity contribution is 7.15. The fourth-order valence-electron chi connectivity index (χ4n) is 1.50. The predicted octanol–water partition coefficient (Wildman–Crippen LogP) is 2.69. The third-order valence-corrected chi connectivity index (χ3v) is 3.91. The average Bonchev–Trinajstić information content (AvgIpc) is 3.09. The van der Waals surface area contributed by atoms with Crippen LogP contribution in [0.1, 0.15) is 15.5 Å². The van der Waals surface area contributed by atoms with E-state index in [0.717, 1.165) is 10.7 Å². The van der Waals surface area contributed by atoms with Crippen LogP contribution in [0.15, 0.2) is 29.9 Å². The maximum atomic E-state index is 12.0. The molecule has 2 N–H and O–H groups in total. The van der Waals surface area contributed by atoms with Crippen LogP contribution in [0.3, 0.4) is 0 Å². The van der Waals surface area contributed by atoms with Crippen molar-refractivity contribution in [3.63, 3.8) is 0 Å². The molecule has 3 aromatic rings. The van der Waals surface area contributed by atoms with Gasteiger partial charge in [0.1, 0.15) is 10.7 Å². The minimum absolute atomic E-state index is 0.304. The molecule has 0 radical (unpaired) electrons. The van der Waals surface area contributed by atoms with Crippen LogP contribution in [0.2, 0.25) is 0 Å². The molecule has 3 heterocycles. The lowest BCUT2D eigenvalue weighted by Gasteiger charge is -2.00. The molecule has 21 heavy (non-hydrogen) atoms. The fourth-order valence-corrected chi connectivity index (χ4v) is 2.80. The minimum atomic E-state index is -0.304. The zero-order valence-electron chi connectivity index (χ0n) is 10.9. The van der Waals surface area contributed by atoms with Gasteiger partial charge in [-0.2, -0.15) is 0 Å². The normalized spacial score (nSPS) is 10.3. The van der Waals surface area contributed by atoms with Crippen LogP contribution < -0.4 is 10.6 Å². The van der Waals surface area contributed by atoms with E-state index in [0.29, 0.717) is 16.0 Å². The van der Waals surface area contributed by atoms with E-state index in [2.05, 4.69) is 30.8 Å². The quantitative estimate of drug-likeness (QED) is 0.768. The molecule has 3 aromatic heterocycles. The molecule has 1 amide bonds. The average molecular weight is 318 g/mol. The summed E-state index contributed by atoms with van der Waals surface area (Å²) in [5, 5.41) is 17.0. The second-order valence-electron chi connectivity index (χ2n) is 3.98. The second kappa shape index (κ2) is 5.94. The molecule has 9 heteroatoms. The van der Waals surface area contributed by atoms with Crippen LogP contribution in [0.5, 0.6) is 0 Å². The van der Waals surface area contributed by atoms with E-state index in [4.69, 9.17) is 0 Å². The molecule has 0 unspecified atom stereocenters. The van der Waals surface area contributed by atoms with Gasteiger partial charge in [0, 0.05) is 11.6 Å². The van der Waals surface area contributed by atoms with Crippen molar-refractivity contribution in [2.45, 2.75) is 6.92 Å². The van der Waals surface area contributed by atoms with Crippen molar-refractivity contribution in [3.05, 3.63) is 40.6 Å². The molecule has 0 saturated carbocycles. The summed E-state index contributed by atoms with van der Waals surface area (Å²) in [6.07, 6.45) is 3.38. The first-order valence-corrected chi connectivity index (χ1v) is 7.64. The van der Waals surface area contributed by atoms with Crippen molar-refractivity contribution >= 4 is 44.5 Å². The third-order valence-electron chi connectivity index (χ3n) is 2.40. The van der Waals surface area contributed by atoms with Gasteiger partial charge in [-0.1, -0.05) is 11.3 Å². The summed E-state index contributed by atoms with van der Waals surface area (Å²) >= 11 is 2.66. The van der Waals surface area contributed by atoms with Gasteiger partial charge < -0.3 is 5.32 Å². The fraction of sp³-hybridized carbons (Fsp3) is 0.0833. The number of thiazole rings is 1. The Morgan fingerprint density at radius 1 is 1.29 bits per heavy atom. The Kier molecular flexibility index (Phi) is 3.84. The van der Waals surface area contributed by atoms with Crippen LogP contribution in [0, 0.1) is 6.92 Å². The van der Waals surface area contributed by atoms with E-state index in [1.165, 1.54) is 22.7 Å². The monoisotopic (exact) mass is 318 g/mol. The van der Waals surface area contributed by atoms with Gasteiger partial charge >= 0.3 is 0 Å². The van der Waals surface area contributed by atoms with Gasteiger partial charge in [0.05, 0.1) is 11.9 Å². The van der Waals surface area contributed by atoms with Crippen molar-refractivity contribution in [1.29, 1.82) is 0 Å². The van der Waals surface area contributed by atoms with Gasteiger partial charge in [-0.05, 0) is 19.1 Å². The lowest BCUT2D eigenvalue weighted by Crippen LogP contribution is -2.12. The predicted molar refractivity (Wildman–Crippen MR) is 82.2 cm³/mol. The van der Waals surface area contributed by atoms with E-state index < -0.39 is 0 Å². The first-order chi connectivity index (χ1) is 10.2. The highest BCUT2D eigenvalue weighted by Gasteiger charge is 2.13. The molecular weight excluding hydrogens is 308 g/mol. The SMILES string of the molecule is Cc1nnc(NC(=O)c2csc(Nc3cccnc3)n2)s1. The summed E-state index contributed by atoms with van der Waals surface area (Å²) in [5.74, 6) is -0.304. The Morgan fingerprint density at radius 2 is 2.19 bits per heavy atom. The Labute approximate surface area is 128 Å². The number of carbonyl (C=O) groups excluding carboxylic acids is 1. The van der Waals surface area contributed by atoms with Gasteiger partial charge in [-0.25, -0.2) is 4.98 Å². The molecule has 0 aromatic carbocycles. The van der Waals surface area contributed by atoms with E-state index in [9.17, 15) is 4.79 Å². The molecule has 0 saturated heterocycles. The maximum absolute atomic E-state index is 12.0. The standard InChI is InChI=1S/C12H10N6OS2/c1-7-17-18-12(21-7)16-10(19)9-6-20-11(15-9)14-8-3-2-4-13-5-8/h2-6H,1H3,(H,14,15)(H,16,18,19). The number of hydrogen-bond acceptors (Lipinski definition) is 8. The van der Waals surface area contributed by atoms with Crippen LogP contribution in [0.25, 0.3) is 0 Å². The number of aromatic nitrogens is 4.